The van der Waals surface area contributed by atoms with Gasteiger partial charge in [-0.1, -0.05) is 0 Å². The Morgan fingerprint density at radius 3 is 2.77 bits per heavy atom. The zero-order chi connectivity index (χ0) is 15.5. The molecule has 0 bridgehead atoms. The summed E-state index contributed by atoms with van der Waals surface area (Å²) in [6, 6.07) is 7.99. The van der Waals surface area contributed by atoms with Gasteiger partial charge >= 0.3 is 0 Å². The molecule has 6 heteroatoms. The lowest BCUT2D eigenvalue weighted by molar-refractivity contribution is 0.0698. The highest BCUT2D eigenvalue weighted by molar-refractivity contribution is 9.10. The summed E-state index contributed by atoms with van der Waals surface area (Å²) >= 11 is 3.38. The number of hydrogen-bond acceptors (Lipinski definition) is 3. The van der Waals surface area contributed by atoms with Crippen molar-refractivity contribution < 1.29 is 4.79 Å². The topological polar surface area (TPSA) is 50.2 Å². The van der Waals surface area contributed by atoms with Crippen LogP contribution in [0.15, 0.2) is 41.1 Å². The van der Waals surface area contributed by atoms with Gasteiger partial charge in [0, 0.05) is 30.9 Å². The number of likely N-dealkylation sites (N-methyl/N-ethyl adjacent to an activating group) is 1. The second-order valence-electron chi connectivity index (χ2n) is 5.53. The maximum absolute atomic E-state index is 12.6. The highest BCUT2D eigenvalue weighted by atomic mass is 79.9. The summed E-state index contributed by atoms with van der Waals surface area (Å²) in [7, 11) is 1.95. The molecule has 0 radical (unpaired) electrons. The summed E-state index contributed by atoms with van der Waals surface area (Å²) in [5, 5.41) is 7.50. The predicted molar refractivity (Wildman–Crippen MR) is 89.2 cm³/mol. The van der Waals surface area contributed by atoms with Crippen LogP contribution in [0.1, 0.15) is 23.2 Å². The summed E-state index contributed by atoms with van der Waals surface area (Å²) in [6.45, 7) is 1.62. The van der Waals surface area contributed by atoms with Gasteiger partial charge in [0.15, 0.2) is 0 Å². The van der Waals surface area contributed by atoms with Gasteiger partial charge in [0.2, 0.25) is 0 Å². The third-order valence-corrected chi connectivity index (χ3v) is 4.46. The van der Waals surface area contributed by atoms with Gasteiger partial charge in [0.25, 0.3) is 5.91 Å². The number of hydrogen-bond donors (Lipinski definition) is 1. The van der Waals surface area contributed by atoms with Crippen LogP contribution in [0.4, 0.5) is 0 Å². The fourth-order valence-corrected chi connectivity index (χ4v) is 3.06. The van der Waals surface area contributed by atoms with Gasteiger partial charge < -0.3 is 10.2 Å². The smallest absolute Gasteiger partial charge is 0.253 e. The largest absolute Gasteiger partial charge is 0.337 e. The van der Waals surface area contributed by atoms with E-state index in [0.717, 1.165) is 41.7 Å². The summed E-state index contributed by atoms with van der Waals surface area (Å²) in [5.74, 6) is 0.105. The second-order valence-corrected chi connectivity index (χ2v) is 6.44. The van der Waals surface area contributed by atoms with Crippen molar-refractivity contribution in [2.45, 2.75) is 18.9 Å². The number of piperidine rings is 1. The average Bonchev–Trinajstić information content (AvgIpc) is 3.01. The summed E-state index contributed by atoms with van der Waals surface area (Å²) < 4.78 is 2.70. The zero-order valence-electron chi connectivity index (χ0n) is 12.5. The van der Waals surface area contributed by atoms with Crippen molar-refractivity contribution >= 4 is 21.8 Å². The lowest BCUT2D eigenvalue weighted by Gasteiger charge is -2.32. The van der Waals surface area contributed by atoms with Gasteiger partial charge in [-0.15, -0.1) is 0 Å². The maximum atomic E-state index is 12.6. The van der Waals surface area contributed by atoms with Gasteiger partial charge in [-0.3, -0.25) is 4.79 Å². The fraction of sp³-hybridized carbons (Fsp3) is 0.375. The molecular weight excluding hydrogens is 344 g/mol. The molecule has 1 amide bonds. The van der Waals surface area contributed by atoms with Crippen molar-refractivity contribution in [1.29, 1.82) is 0 Å². The SMILES string of the molecule is CNC1CCCN(C(=O)c2ccc(-n3cc(Br)cn3)cc2)C1. The summed E-state index contributed by atoms with van der Waals surface area (Å²) in [6.07, 6.45) is 5.81. The van der Waals surface area contributed by atoms with Crippen molar-refractivity contribution in [3.8, 4) is 5.69 Å². The van der Waals surface area contributed by atoms with Crippen LogP contribution in [0.5, 0.6) is 0 Å². The van der Waals surface area contributed by atoms with E-state index in [1.54, 1.807) is 10.9 Å². The van der Waals surface area contributed by atoms with Gasteiger partial charge in [0.05, 0.1) is 16.4 Å². The number of aromatic nitrogens is 2. The molecule has 0 saturated carbocycles. The van der Waals surface area contributed by atoms with Crippen molar-refractivity contribution in [1.82, 2.24) is 20.0 Å². The number of amides is 1. The third-order valence-electron chi connectivity index (χ3n) is 4.05. The lowest BCUT2D eigenvalue weighted by Crippen LogP contribution is -2.46. The van der Waals surface area contributed by atoms with Crippen molar-refractivity contribution in [2.75, 3.05) is 20.1 Å². The molecule has 1 aromatic carbocycles. The molecule has 2 aromatic rings. The first-order chi connectivity index (χ1) is 10.7. The molecule has 1 atom stereocenters. The van der Waals surface area contributed by atoms with E-state index in [4.69, 9.17) is 0 Å². The molecule has 3 rings (SSSR count). The summed E-state index contributed by atoms with van der Waals surface area (Å²) in [4.78, 5) is 14.5. The van der Waals surface area contributed by atoms with Crippen LogP contribution in [0.3, 0.4) is 0 Å². The molecule has 22 heavy (non-hydrogen) atoms. The lowest BCUT2D eigenvalue weighted by atomic mass is 10.0. The Bertz CT molecular complexity index is 652. The number of rotatable bonds is 3. The van der Waals surface area contributed by atoms with Crippen LogP contribution in [0.25, 0.3) is 5.69 Å². The fourth-order valence-electron chi connectivity index (χ4n) is 2.78. The minimum absolute atomic E-state index is 0.105. The Morgan fingerprint density at radius 2 is 2.14 bits per heavy atom. The number of carbonyl (C=O) groups is 1. The van der Waals surface area contributed by atoms with E-state index < -0.39 is 0 Å². The van der Waals surface area contributed by atoms with Crippen molar-refractivity contribution in [3.05, 3.63) is 46.7 Å². The molecule has 116 valence electrons. The molecular formula is C16H19BrN4O. The zero-order valence-corrected chi connectivity index (χ0v) is 14.1. The molecule has 1 fully saturated rings. The van der Waals surface area contributed by atoms with E-state index in [1.807, 2.05) is 42.4 Å². The summed E-state index contributed by atoms with van der Waals surface area (Å²) in [5.41, 5.74) is 1.67. The Kier molecular flexibility index (Phi) is 4.59. The van der Waals surface area contributed by atoms with Crippen LogP contribution >= 0.6 is 15.9 Å². The first-order valence-electron chi connectivity index (χ1n) is 7.44. The van der Waals surface area contributed by atoms with E-state index in [2.05, 4.69) is 26.3 Å². The molecule has 1 aromatic heterocycles. The second kappa shape index (κ2) is 6.62. The Morgan fingerprint density at radius 1 is 1.36 bits per heavy atom. The normalized spacial score (nSPS) is 18.5. The number of nitrogens with zero attached hydrogens (tertiary/aromatic N) is 3. The minimum atomic E-state index is 0.105. The molecule has 0 aliphatic carbocycles. The van der Waals surface area contributed by atoms with Gasteiger partial charge in [-0.25, -0.2) is 4.68 Å². The number of carbonyl (C=O) groups excluding carboxylic acids is 1. The van der Waals surface area contributed by atoms with E-state index in [0.29, 0.717) is 6.04 Å². The van der Waals surface area contributed by atoms with Crippen molar-refractivity contribution in [2.24, 2.45) is 0 Å². The van der Waals surface area contributed by atoms with Crippen LogP contribution in [-0.4, -0.2) is 46.8 Å². The Labute approximate surface area is 138 Å². The first kappa shape index (κ1) is 15.2. The molecule has 0 spiro atoms. The van der Waals surface area contributed by atoms with Gasteiger partial charge in [0.1, 0.15) is 0 Å². The number of likely N-dealkylation sites (tertiary alicyclic amines) is 1. The number of nitrogens with one attached hydrogen (secondary N) is 1. The monoisotopic (exact) mass is 362 g/mol. The molecule has 1 N–H and O–H groups in total. The van der Waals surface area contributed by atoms with E-state index >= 15 is 0 Å². The van der Waals surface area contributed by atoms with Gasteiger partial charge in [-0.2, -0.15) is 5.10 Å². The van der Waals surface area contributed by atoms with Crippen molar-refractivity contribution in [3.63, 3.8) is 0 Å². The molecule has 1 aliphatic heterocycles. The Hall–Kier alpha value is -1.66. The maximum Gasteiger partial charge on any atom is 0.253 e. The van der Waals surface area contributed by atoms with Gasteiger partial charge in [-0.05, 0) is 60.1 Å². The first-order valence-corrected chi connectivity index (χ1v) is 8.24. The number of halogens is 1. The highest BCUT2D eigenvalue weighted by Gasteiger charge is 2.23. The predicted octanol–water partition coefficient (Wildman–Crippen LogP) is 2.46. The Balaban J connectivity index is 1.73. The van der Waals surface area contributed by atoms with Crippen LogP contribution in [0.2, 0.25) is 0 Å². The third kappa shape index (κ3) is 3.23. The minimum Gasteiger partial charge on any atom is -0.337 e. The van der Waals surface area contributed by atoms with Crippen LogP contribution < -0.4 is 5.32 Å². The number of benzene rings is 1. The molecule has 1 aliphatic rings. The quantitative estimate of drug-likeness (QED) is 0.912. The highest BCUT2D eigenvalue weighted by Crippen LogP contribution is 2.16. The standard InChI is InChI=1S/C16H19BrN4O/c1-18-14-3-2-8-20(11-14)16(22)12-4-6-15(7-5-12)21-10-13(17)9-19-21/h4-7,9-10,14,18H,2-3,8,11H2,1H3. The molecule has 5 nitrogen and oxygen atoms in total. The van der Waals surface area contributed by atoms with E-state index in [9.17, 15) is 4.79 Å². The average molecular weight is 363 g/mol. The molecule has 1 unspecified atom stereocenters. The van der Waals surface area contributed by atoms with E-state index in [1.165, 1.54) is 0 Å². The van der Waals surface area contributed by atoms with E-state index in [-0.39, 0.29) is 5.91 Å². The molecule has 1 saturated heterocycles. The van der Waals surface area contributed by atoms with Crippen LogP contribution in [-0.2, 0) is 0 Å². The molecule has 2 heterocycles. The van der Waals surface area contributed by atoms with Crippen LogP contribution in [0, 0.1) is 0 Å².